The van der Waals surface area contributed by atoms with E-state index in [0.29, 0.717) is 29.3 Å². The van der Waals surface area contributed by atoms with Crippen molar-refractivity contribution in [1.82, 2.24) is 0 Å². The topological polar surface area (TPSA) is 76.4 Å². The fourth-order valence-corrected chi connectivity index (χ4v) is 4.10. The molecule has 3 aromatic rings. The van der Waals surface area contributed by atoms with Crippen molar-refractivity contribution in [3.8, 4) is 5.75 Å². The van der Waals surface area contributed by atoms with Gasteiger partial charge in [0.05, 0.1) is 24.2 Å². The second-order valence-corrected chi connectivity index (χ2v) is 9.86. The maximum atomic E-state index is 13.9. The van der Waals surface area contributed by atoms with Gasteiger partial charge in [-0.2, -0.15) is 0 Å². The molecule has 2 heterocycles. The highest BCUT2D eigenvalue weighted by Crippen LogP contribution is 2.37. The summed E-state index contributed by atoms with van der Waals surface area (Å²) in [5.74, 6) is 0.198. The summed E-state index contributed by atoms with van der Waals surface area (Å²) in [6, 6.07) is 9.92. The molecule has 1 fully saturated rings. The summed E-state index contributed by atoms with van der Waals surface area (Å²) in [5.41, 5.74) is 1.63. The number of rotatable bonds is 9. The van der Waals surface area contributed by atoms with Gasteiger partial charge in [-0.25, -0.2) is 4.39 Å². The quantitative estimate of drug-likeness (QED) is 0.313. The summed E-state index contributed by atoms with van der Waals surface area (Å²) in [6.07, 6.45) is -0.0821. The first kappa shape index (κ1) is 26.2. The van der Waals surface area contributed by atoms with Crippen LogP contribution in [0.5, 0.6) is 5.75 Å². The number of fused-ring (bicyclic) bond motifs is 1. The third-order valence-electron chi connectivity index (χ3n) is 6.61. The van der Waals surface area contributed by atoms with Gasteiger partial charge in [-0.15, -0.1) is 0 Å². The standard InChI is InChI=1S/C27H32BFO7/c1-7-32-24(30)14-18-12-20(29)8-9-23(18)33-15-17-10-19-13-21(16-31-6)34-25(19)22(11-17)28-35-26(2,3)27(4,5)36-28/h8-13H,7,14-16H2,1-6H3. The summed E-state index contributed by atoms with van der Waals surface area (Å²) < 4.78 is 48.9. The van der Waals surface area contributed by atoms with E-state index in [4.69, 9.17) is 27.9 Å². The molecule has 1 saturated heterocycles. The Balaban J connectivity index is 1.65. The minimum absolute atomic E-state index is 0.0821. The van der Waals surface area contributed by atoms with Crippen LogP contribution in [0.25, 0.3) is 11.0 Å². The highest BCUT2D eigenvalue weighted by atomic mass is 19.1. The number of carbonyl (C=O) groups is 1. The second-order valence-electron chi connectivity index (χ2n) is 9.86. The molecule has 7 nitrogen and oxygen atoms in total. The predicted molar refractivity (Wildman–Crippen MR) is 134 cm³/mol. The van der Waals surface area contributed by atoms with Crippen molar-refractivity contribution >= 4 is 29.5 Å². The highest BCUT2D eigenvalue weighted by Gasteiger charge is 2.52. The van der Waals surface area contributed by atoms with Crippen LogP contribution in [0.2, 0.25) is 0 Å². The lowest BCUT2D eigenvalue weighted by atomic mass is 9.77. The largest absolute Gasteiger partial charge is 0.498 e. The Hall–Kier alpha value is -2.88. The number of methoxy groups -OCH3 is 1. The maximum absolute atomic E-state index is 13.9. The van der Waals surface area contributed by atoms with Crippen molar-refractivity contribution in [2.45, 2.75) is 65.5 Å². The Labute approximate surface area is 210 Å². The van der Waals surface area contributed by atoms with Gasteiger partial charge in [0.2, 0.25) is 0 Å². The molecule has 0 amide bonds. The Morgan fingerprint density at radius 3 is 2.42 bits per heavy atom. The van der Waals surface area contributed by atoms with Crippen LogP contribution >= 0.6 is 0 Å². The number of carbonyl (C=O) groups excluding carboxylic acids is 1. The van der Waals surface area contributed by atoms with Gasteiger partial charge in [0.15, 0.2) is 0 Å². The normalized spacial score (nSPS) is 16.5. The van der Waals surface area contributed by atoms with Crippen LogP contribution < -0.4 is 10.2 Å². The van der Waals surface area contributed by atoms with E-state index < -0.39 is 30.1 Å². The zero-order chi connectivity index (χ0) is 26.1. The third-order valence-corrected chi connectivity index (χ3v) is 6.61. The van der Waals surface area contributed by atoms with E-state index in [9.17, 15) is 9.18 Å². The van der Waals surface area contributed by atoms with Crippen LogP contribution in [-0.2, 0) is 43.2 Å². The number of hydrogen-bond acceptors (Lipinski definition) is 7. The molecule has 1 aliphatic heterocycles. The zero-order valence-corrected chi connectivity index (χ0v) is 21.6. The van der Waals surface area contributed by atoms with Gasteiger partial charge in [0.25, 0.3) is 0 Å². The summed E-state index contributed by atoms with van der Waals surface area (Å²) in [6.45, 7) is 10.5. The first-order valence-corrected chi connectivity index (χ1v) is 12.0. The van der Waals surface area contributed by atoms with Crippen molar-refractivity contribution in [2.24, 2.45) is 0 Å². The molecular formula is C27H32BFO7. The molecule has 0 unspecified atom stereocenters. The first-order valence-electron chi connectivity index (χ1n) is 12.0. The van der Waals surface area contributed by atoms with E-state index in [-0.39, 0.29) is 19.6 Å². The van der Waals surface area contributed by atoms with Crippen molar-refractivity contribution in [3.63, 3.8) is 0 Å². The maximum Gasteiger partial charge on any atom is 0.498 e. The van der Waals surface area contributed by atoms with E-state index in [2.05, 4.69) is 0 Å². The predicted octanol–water partition coefficient (Wildman–Crippen LogP) is 4.70. The molecule has 0 aliphatic carbocycles. The monoisotopic (exact) mass is 498 g/mol. The van der Waals surface area contributed by atoms with Crippen molar-refractivity contribution in [2.75, 3.05) is 13.7 Å². The molecule has 36 heavy (non-hydrogen) atoms. The SMILES string of the molecule is CCOC(=O)Cc1cc(F)ccc1OCc1cc(B2OC(C)(C)C(C)(C)O2)c2oc(COC)cc2c1. The van der Waals surface area contributed by atoms with Crippen LogP contribution in [0.3, 0.4) is 0 Å². The highest BCUT2D eigenvalue weighted by molar-refractivity contribution is 6.64. The van der Waals surface area contributed by atoms with Crippen molar-refractivity contribution in [3.05, 3.63) is 59.1 Å². The van der Waals surface area contributed by atoms with E-state index in [1.165, 1.54) is 18.2 Å². The number of halogens is 1. The molecule has 2 aromatic carbocycles. The van der Waals surface area contributed by atoms with Gasteiger partial charge in [0.1, 0.15) is 36.1 Å². The van der Waals surface area contributed by atoms with E-state index in [1.54, 1.807) is 14.0 Å². The number of ether oxygens (including phenoxy) is 3. The van der Waals surface area contributed by atoms with Gasteiger partial charge in [-0.1, -0.05) is 6.07 Å². The van der Waals surface area contributed by atoms with E-state index >= 15 is 0 Å². The summed E-state index contributed by atoms with van der Waals surface area (Å²) in [7, 11) is 0.974. The van der Waals surface area contributed by atoms with E-state index in [1.807, 2.05) is 45.9 Å². The average Bonchev–Trinajstić information content (AvgIpc) is 3.29. The molecule has 192 valence electrons. The van der Waals surface area contributed by atoms with Crippen LogP contribution in [0, 0.1) is 5.82 Å². The van der Waals surface area contributed by atoms with Gasteiger partial charge < -0.3 is 27.9 Å². The molecule has 0 bridgehead atoms. The molecule has 1 aliphatic rings. The number of esters is 1. The average molecular weight is 498 g/mol. The second kappa shape index (κ2) is 10.2. The fourth-order valence-electron chi connectivity index (χ4n) is 4.10. The Morgan fingerprint density at radius 2 is 1.75 bits per heavy atom. The molecule has 0 radical (unpaired) electrons. The zero-order valence-electron chi connectivity index (χ0n) is 21.6. The minimum Gasteiger partial charge on any atom is -0.489 e. The molecule has 4 rings (SSSR count). The molecular weight excluding hydrogens is 466 g/mol. The van der Waals surface area contributed by atoms with Crippen LogP contribution in [0.4, 0.5) is 4.39 Å². The molecule has 0 saturated carbocycles. The molecule has 0 atom stereocenters. The smallest absolute Gasteiger partial charge is 0.489 e. The van der Waals surface area contributed by atoms with E-state index in [0.717, 1.165) is 16.4 Å². The molecule has 9 heteroatoms. The Kier molecular flexibility index (Phi) is 7.45. The summed E-state index contributed by atoms with van der Waals surface area (Å²) >= 11 is 0. The molecule has 0 N–H and O–H groups in total. The molecule has 1 aromatic heterocycles. The van der Waals surface area contributed by atoms with Crippen molar-refractivity contribution in [1.29, 1.82) is 0 Å². The minimum atomic E-state index is -0.635. The van der Waals surface area contributed by atoms with Crippen LogP contribution in [-0.4, -0.2) is 38.0 Å². The van der Waals surface area contributed by atoms with Crippen molar-refractivity contribution < 1.29 is 37.1 Å². The van der Waals surface area contributed by atoms with Crippen LogP contribution in [0.1, 0.15) is 51.5 Å². The molecule has 0 spiro atoms. The Morgan fingerprint density at radius 1 is 1.03 bits per heavy atom. The number of benzene rings is 2. The fraction of sp³-hybridized carbons (Fsp3) is 0.444. The van der Waals surface area contributed by atoms with Gasteiger partial charge in [-0.3, -0.25) is 4.79 Å². The number of hydrogen-bond donors (Lipinski definition) is 0. The lowest BCUT2D eigenvalue weighted by Crippen LogP contribution is -2.41. The summed E-state index contributed by atoms with van der Waals surface area (Å²) in [5, 5.41) is 0.860. The van der Waals surface area contributed by atoms with Gasteiger partial charge in [0, 0.05) is 23.5 Å². The van der Waals surface area contributed by atoms with Gasteiger partial charge in [-0.05, 0) is 70.5 Å². The number of furan rings is 1. The van der Waals surface area contributed by atoms with Crippen LogP contribution in [0.15, 0.2) is 40.8 Å². The van der Waals surface area contributed by atoms with Gasteiger partial charge >= 0.3 is 13.1 Å². The summed E-state index contributed by atoms with van der Waals surface area (Å²) in [4.78, 5) is 12.0. The Bertz CT molecular complexity index is 1230. The lowest BCUT2D eigenvalue weighted by molar-refractivity contribution is -0.142. The third kappa shape index (κ3) is 5.43. The lowest BCUT2D eigenvalue weighted by Gasteiger charge is -2.32. The first-order chi connectivity index (χ1) is 17.0.